The van der Waals surface area contributed by atoms with Crippen LogP contribution in [0.2, 0.25) is 0 Å². The van der Waals surface area contributed by atoms with Crippen LogP contribution in [0.5, 0.6) is 17.2 Å². The Bertz CT molecular complexity index is 1530. The van der Waals surface area contributed by atoms with Crippen LogP contribution in [-0.2, 0) is 19.8 Å². The maximum atomic E-state index is 13.2. The third-order valence-electron chi connectivity index (χ3n) is 6.26. The van der Waals surface area contributed by atoms with Crippen LogP contribution >= 0.6 is 0 Å². The van der Waals surface area contributed by atoms with E-state index in [1.807, 2.05) is 115 Å². The highest BCUT2D eigenvalue weighted by atomic mass is 16.5. The number of ketones is 1. The van der Waals surface area contributed by atoms with Crippen LogP contribution in [0.4, 0.5) is 0 Å². The van der Waals surface area contributed by atoms with Gasteiger partial charge in [-0.15, -0.1) is 0 Å². The van der Waals surface area contributed by atoms with Crippen molar-refractivity contribution in [2.75, 3.05) is 0 Å². The zero-order chi connectivity index (χ0) is 27.4. The van der Waals surface area contributed by atoms with Crippen LogP contribution in [0.3, 0.4) is 0 Å². The summed E-state index contributed by atoms with van der Waals surface area (Å²) in [5.74, 6) is 1.74. The van der Waals surface area contributed by atoms with Gasteiger partial charge in [-0.1, -0.05) is 109 Å². The summed E-state index contributed by atoms with van der Waals surface area (Å²) in [7, 11) is 0. The van der Waals surface area contributed by atoms with E-state index in [2.05, 4.69) is 0 Å². The second-order valence-electron chi connectivity index (χ2n) is 9.25. The lowest BCUT2D eigenvalue weighted by Crippen LogP contribution is -2.04. The maximum Gasteiger partial charge on any atom is 0.189 e. The van der Waals surface area contributed by atoms with Crippen LogP contribution in [0.1, 0.15) is 32.6 Å². The highest BCUT2D eigenvalue weighted by Gasteiger charge is 2.13. The van der Waals surface area contributed by atoms with Crippen molar-refractivity contribution in [3.8, 4) is 17.2 Å². The molecule has 0 aliphatic heterocycles. The number of carbonyl (C=O) groups is 1. The Kier molecular flexibility index (Phi) is 9.03. The van der Waals surface area contributed by atoms with Gasteiger partial charge in [-0.25, -0.2) is 0 Å². The molecule has 0 spiro atoms. The predicted octanol–water partition coefficient (Wildman–Crippen LogP) is 8.32. The Morgan fingerprint density at radius 2 is 1.00 bits per heavy atom. The summed E-state index contributed by atoms with van der Waals surface area (Å²) in [4.78, 5) is 13.2. The first-order chi connectivity index (χ1) is 19.7. The number of allylic oxidation sites excluding steroid dienone is 1. The lowest BCUT2D eigenvalue weighted by Gasteiger charge is -2.13. The zero-order valence-electron chi connectivity index (χ0n) is 22.1. The average Bonchev–Trinajstić information content (AvgIpc) is 3.02. The molecule has 0 bridgehead atoms. The number of rotatable bonds is 12. The summed E-state index contributed by atoms with van der Waals surface area (Å²) in [6.07, 6.45) is 3.36. The van der Waals surface area contributed by atoms with Gasteiger partial charge >= 0.3 is 0 Å². The summed E-state index contributed by atoms with van der Waals surface area (Å²) in [5.41, 5.74) is 4.56. The Labute approximate surface area is 235 Å². The van der Waals surface area contributed by atoms with Gasteiger partial charge in [0.25, 0.3) is 0 Å². The van der Waals surface area contributed by atoms with Crippen LogP contribution < -0.4 is 14.2 Å². The number of hydrogen-bond acceptors (Lipinski definition) is 4. The molecule has 0 fully saturated rings. The van der Waals surface area contributed by atoms with Crippen LogP contribution in [0.25, 0.3) is 6.08 Å². The number of ether oxygens (including phenoxy) is 3. The van der Waals surface area contributed by atoms with E-state index in [1.54, 1.807) is 30.4 Å². The first-order valence-corrected chi connectivity index (χ1v) is 13.2. The number of hydrogen-bond donors (Lipinski definition) is 0. The summed E-state index contributed by atoms with van der Waals surface area (Å²) in [5, 5.41) is 0. The molecule has 0 amide bonds. The normalized spacial score (nSPS) is 10.8. The molecular weight excluding hydrogens is 496 g/mol. The Morgan fingerprint density at radius 1 is 0.525 bits per heavy atom. The molecule has 40 heavy (non-hydrogen) atoms. The molecule has 0 N–H and O–H groups in total. The third-order valence-corrected chi connectivity index (χ3v) is 6.26. The van der Waals surface area contributed by atoms with E-state index in [-0.39, 0.29) is 5.78 Å². The molecule has 0 atom stereocenters. The van der Waals surface area contributed by atoms with Crippen molar-refractivity contribution in [2.24, 2.45) is 0 Å². The van der Waals surface area contributed by atoms with E-state index in [4.69, 9.17) is 14.2 Å². The van der Waals surface area contributed by atoms with Crippen molar-refractivity contribution in [3.05, 3.63) is 167 Å². The van der Waals surface area contributed by atoms with Gasteiger partial charge in [-0.2, -0.15) is 0 Å². The van der Waals surface area contributed by atoms with Crippen LogP contribution in [-0.4, -0.2) is 5.78 Å². The fraction of sp³-hybridized carbons (Fsp3) is 0.0833. The van der Waals surface area contributed by atoms with Crippen molar-refractivity contribution in [2.45, 2.75) is 19.8 Å². The van der Waals surface area contributed by atoms with Gasteiger partial charge in [-0.05, 0) is 52.6 Å². The molecule has 198 valence electrons. The quantitative estimate of drug-likeness (QED) is 0.121. The van der Waals surface area contributed by atoms with Gasteiger partial charge in [-0.3, -0.25) is 4.79 Å². The topological polar surface area (TPSA) is 44.8 Å². The largest absolute Gasteiger partial charge is 0.489 e. The maximum absolute atomic E-state index is 13.2. The van der Waals surface area contributed by atoms with E-state index in [1.165, 1.54) is 0 Å². The minimum atomic E-state index is -0.151. The molecule has 5 aromatic carbocycles. The Morgan fingerprint density at radius 3 is 1.55 bits per heavy atom. The molecule has 0 saturated carbocycles. The lowest BCUT2D eigenvalue weighted by atomic mass is 10.1. The molecule has 4 heteroatoms. The van der Waals surface area contributed by atoms with Gasteiger partial charge in [0.05, 0.1) is 5.56 Å². The third kappa shape index (κ3) is 7.71. The molecule has 0 radical (unpaired) electrons. The zero-order valence-corrected chi connectivity index (χ0v) is 22.1. The minimum Gasteiger partial charge on any atom is -0.489 e. The molecule has 0 unspecified atom stereocenters. The van der Waals surface area contributed by atoms with Crippen molar-refractivity contribution < 1.29 is 19.0 Å². The van der Waals surface area contributed by atoms with Gasteiger partial charge < -0.3 is 14.2 Å². The number of benzene rings is 5. The smallest absolute Gasteiger partial charge is 0.189 e. The Balaban J connectivity index is 1.27. The standard InChI is InChI=1S/C36H30O4/c37-35(23-18-28-16-19-32(20-17-28)38-25-29-10-4-1-5-11-29)34-22-21-33(39-26-30-12-6-2-7-13-30)24-36(34)40-27-31-14-8-3-9-15-31/h1-24H,25-27H2/b23-18+. The molecule has 0 aromatic heterocycles. The van der Waals surface area contributed by atoms with Gasteiger partial charge in [0, 0.05) is 6.07 Å². The second kappa shape index (κ2) is 13.6. The van der Waals surface area contributed by atoms with E-state index >= 15 is 0 Å². The van der Waals surface area contributed by atoms with Crippen molar-refractivity contribution >= 4 is 11.9 Å². The van der Waals surface area contributed by atoms with E-state index in [0.29, 0.717) is 36.9 Å². The molecule has 0 saturated heterocycles. The Hall–Kier alpha value is -5.09. The fourth-order valence-corrected chi connectivity index (χ4v) is 4.07. The molecule has 0 heterocycles. The summed E-state index contributed by atoms with van der Waals surface area (Å²) >= 11 is 0. The molecule has 0 aliphatic carbocycles. The van der Waals surface area contributed by atoms with E-state index < -0.39 is 0 Å². The van der Waals surface area contributed by atoms with Crippen molar-refractivity contribution in [3.63, 3.8) is 0 Å². The highest BCUT2D eigenvalue weighted by molar-refractivity contribution is 6.08. The van der Waals surface area contributed by atoms with E-state index in [0.717, 1.165) is 28.0 Å². The van der Waals surface area contributed by atoms with Crippen LogP contribution in [0.15, 0.2) is 140 Å². The minimum absolute atomic E-state index is 0.151. The van der Waals surface area contributed by atoms with Crippen molar-refractivity contribution in [1.29, 1.82) is 0 Å². The summed E-state index contributed by atoms with van der Waals surface area (Å²) in [6.45, 7) is 1.28. The average molecular weight is 527 g/mol. The monoisotopic (exact) mass is 526 g/mol. The predicted molar refractivity (Wildman–Crippen MR) is 159 cm³/mol. The first kappa shape index (κ1) is 26.5. The van der Waals surface area contributed by atoms with Crippen LogP contribution in [0, 0.1) is 0 Å². The first-order valence-electron chi connectivity index (χ1n) is 13.2. The molecule has 5 rings (SSSR count). The highest BCUT2D eigenvalue weighted by Crippen LogP contribution is 2.28. The number of carbonyl (C=O) groups excluding carboxylic acids is 1. The SMILES string of the molecule is O=C(/C=C/c1ccc(OCc2ccccc2)cc1)c1ccc(OCc2ccccc2)cc1OCc1ccccc1. The van der Waals surface area contributed by atoms with Gasteiger partial charge in [0.1, 0.15) is 37.1 Å². The second-order valence-corrected chi connectivity index (χ2v) is 9.25. The fourth-order valence-electron chi connectivity index (χ4n) is 4.07. The molecule has 0 aliphatic rings. The molecule has 5 aromatic rings. The summed E-state index contributed by atoms with van der Waals surface area (Å²) in [6, 6.07) is 42.9. The van der Waals surface area contributed by atoms with E-state index in [9.17, 15) is 4.79 Å². The van der Waals surface area contributed by atoms with Gasteiger partial charge in [0.2, 0.25) is 0 Å². The van der Waals surface area contributed by atoms with Crippen molar-refractivity contribution in [1.82, 2.24) is 0 Å². The lowest BCUT2D eigenvalue weighted by molar-refractivity contribution is 0.104. The molecule has 4 nitrogen and oxygen atoms in total. The van der Waals surface area contributed by atoms with Gasteiger partial charge in [0.15, 0.2) is 5.78 Å². The summed E-state index contributed by atoms with van der Waals surface area (Å²) < 4.78 is 18.0. The molecular formula is C36H30O4.